The van der Waals surface area contributed by atoms with E-state index in [1.54, 1.807) is 28.1 Å². The van der Waals surface area contributed by atoms with Gasteiger partial charge in [0.25, 0.3) is 5.91 Å². The Balaban J connectivity index is 2.03. The Kier molecular flexibility index (Phi) is 5.14. The van der Waals surface area contributed by atoms with Gasteiger partial charge in [0, 0.05) is 31.9 Å². The Hall–Kier alpha value is -1.82. The molecule has 2 amide bonds. The Morgan fingerprint density at radius 2 is 2.04 bits per heavy atom. The van der Waals surface area contributed by atoms with Crippen LogP contribution in [0.5, 0.6) is 0 Å². The monoisotopic (exact) mass is 339 g/mol. The number of hydrogen-bond acceptors (Lipinski definition) is 4. The normalized spacial score (nSPS) is 18.7. The zero-order chi connectivity index (χ0) is 17.2. The van der Waals surface area contributed by atoms with E-state index in [9.17, 15) is 9.59 Å². The van der Waals surface area contributed by atoms with Crippen LogP contribution in [0.2, 0.25) is 5.15 Å². The Morgan fingerprint density at radius 1 is 1.35 bits per heavy atom. The summed E-state index contributed by atoms with van der Waals surface area (Å²) in [6, 6.07) is 3.21. The molecule has 2 heterocycles. The first-order valence-corrected chi connectivity index (χ1v) is 7.96. The number of ether oxygens (including phenoxy) is 1. The smallest absolute Gasteiger partial charge is 0.410 e. The molecule has 0 aromatic carbocycles. The second-order valence-electron chi connectivity index (χ2n) is 6.62. The van der Waals surface area contributed by atoms with Gasteiger partial charge in [-0.3, -0.25) is 4.79 Å². The summed E-state index contributed by atoms with van der Waals surface area (Å²) in [6.45, 7) is 8.70. The molecular formula is C16H22ClN3O3. The van der Waals surface area contributed by atoms with E-state index in [0.717, 1.165) is 0 Å². The second kappa shape index (κ2) is 6.74. The van der Waals surface area contributed by atoms with Crippen LogP contribution >= 0.6 is 11.6 Å². The molecule has 126 valence electrons. The Morgan fingerprint density at radius 3 is 2.61 bits per heavy atom. The Bertz CT molecular complexity index is 600. The van der Waals surface area contributed by atoms with Gasteiger partial charge in [0.05, 0.1) is 5.56 Å². The van der Waals surface area contributed by atoms with Crippen LogP contribution < -0.4 is 0 Å². The van der Waals surface area contributed by atoms with E-state index in [1.807, 2.05) is 27.7 Å². The van der Waals surface area contributed by atoms with Gasteiger partial charge in [0.1, 0.15) is 10.8 Å². The molecule has 1 fully saturated rings. The third kappa shape index (κ3) is 4.34. The highest BCUT2D eigenvalue weighted by atomic mass is 35.5. The lowest BCUT2D eigenvalue weighted by Crippen LogP contribution is -2.56. The molecule has 0 bridgehead atoms. The number of aromatic nitrogens is 1. The van der Waals surface area contributed by atoms with Gasteiger partial charge in [-0.25, -0.2) is 9.78 Å². The van der Waals surface area contributed by atoms with E-state index in [4.69, 9.17) is 16.3 Å². The summed E-state index contributed by atoms with van der Waals surface area (Å²) in [5, 5.41) is 0.194. The molecule has 0 radical (unpaired) electrons. The van der Waals surface area contributed by atoms with Gasteiger partial charge < -0.3 is 14.5 Å². The number of carbonyl (C=O) groups is 2. The minimum absolute atomic E-state index is 0.127. The van der Waals surface area contributed by atoms with Crippen molar-refractivity contribution >= 4 is 23.6 Å². The van der Waals surface area contributed by atoms with Gasteiger partial charge in [-0.15, -0.1) is 0 Å². The van der Waals surface area contributed by atoms with Crippen LogP contribution in [0.1, 0.15) is 38.1 Å². The number of carbonyl (C=O) groups excluding carboxylic acids is 2. The molecule has 1 aromatic rings. The predicted molar refractivity (Wildman–Crippen MR) is 87.6 cm³/mol. The second-order valence-corrected chi connectivity index (χ2v) is 6.97. The number of amides is 2. The van der Waals surface area contributed by atoms with E-state index in [0.29, 0.717) is 25.2 Å². The first-order chi connectivity index (χ1) is 10.7. The molecule has 2 rings (SSSR count). The number of nitrogens with zero attached hydrogens (tertiary/aromatic N) is 3. The maximum Gasteiger partial charge on any atom is 0.410 e. The molecule has 0 spiro atoms. The zero-order valence-electron chi connectivity index (χ0n) is 13.9. The lowest BCUT2D eigenvalue weighted by Gasteiger charge is -2.40. The van der Waals surface area contributed by atoms with E-state index in [1.165, 1.54) is 0 Å². The van der Waals surface area contributed by atoms with Crippen LogP contribution in [0.4, 0.5) is 4.79 Å². The average Bonchev–Trinajstić information content (AvgIpc) is 2.45. The van der Waals surface area contributed by atoms with Crippen LogP contribution in [0, 0.1) is 0 Å². The molecule has 23 heavy (non-hydrogen) atoms. The minimum atomic E-state index is -0.535. The molecular weight excluding hydrogens is 318 g/mol. The number of halogens is 1. The maximum absolute atomic E-state index is 12.5. The fourth-order valence-electron chi connectivity index (χ4n) is 2.45. The van der Waals surface area contributed by atoms with E-state index >= 15 is 0 Å². The lowest BCUT2D eigenvalue weighted by molar-refractivity contribution is 0.00198. The summed E-state index contributed by atoms with van der Waals surface area (Å²) < 4.78 is 5.40. The fraction of sp³-hybridized carbons (Fsp3) is 0.562. The summed E-state index contributed by atoms with van der Waals surface area (Å²) in [6.07, 6.45) is 1.19. The van der Waals surface area contributed by atoms with Crippen molar-refractivity contribution < 1.29 is 14.3 Å². The largest absolute Gasteiger partial charge is 0.444 e. The van der Waals surface area contributed by atoms with Crippen molar-refractivity contribution in [2.45, 2.75) is 39.3 Å². The van der Waals surface area contributed by atoms with Crippen LogP contribution in [0.25, 0.3) is 0 Å². The summed E-state index contributed by atoms with van der Waals surface area (Å²) >= 11 is 5.98. The average molecular weight is 340 g/mol. The van der Waals surface area contributed by atoms with Crippen molar-refractivity contribution in [2.24, 2.45) is 0 Å². The van der Waals surface area contributed by atoms with Crippen molar-refractivity contribution in [3.63, 3.8) is 0 Å². The van der Waals surface area contributed by atoms with Crippen molar-refractivity contribution in [2.75, 3.05) is 19.6 Å². The maximum atomic E-state index is 12.5. The summed E-state index contributed by atoms with van der Waals surface area (Å²) in [4.78, 5) is 32.0. The molecule has 7 heteroatoms. The third-order valence-electron chi connectivity index (χ3n) is 3.53. The molecule has 1 aliphatic rings. The van der Waals surface area contributed by atoms with Gasteiger partial charge in [-0.05, 0) is 39.8 Å². The molecule has 0 N–H and O–H groups in total. The van der Waals surface area contributed by atoms with Crippen LogP contribution in [0.3, 0.4) is 0 Å². The van der Waals surface area contributed by atoms with Crippen molar-refractivity contribution in [1.82, 2.24) is 14.8 Å². The SMILES string of the molecule is C[C@H]1CN(C(=O)c2cccnc2Cl)CCN1C(=O)OC(C)(C)C. The summed E-state index contributed by atoms with van der Waals surface area (Å²) in [7, 11) is 0. The molecule has 0 aliphatic carbocycles. The third-order valence-corrected chi connectivity index (χ3v) is 3.83. The highest BCUT2D eigenvalue weighted by Gasteiger charge is 2.33. The van der Waals surface area contributed by atoms with Crippen molar-refractivity contribution in [3.05, 3.63) is 29.0 Å². The fourth-order valence-corrected chi connectivity index (χ4v) is 2.65. The highest BCUT2D eigenvalue weighted by molar-refractivity contribution is 6.32. The van der Waals surface area contributed by atoms with Gasteiger partial charge in [-0.1, -0.05) is 11.6 Å². The molecule has 1 aliphatic heterocycles. The summed E-state index contributed by atoms with van der Waals surface area (Å²) in [5.74, 6) is -0.168. The first kappa shape index (κ1) is 17.5. The molecule has 0 saturated carbocycles. The van der Waals surface area contributed by atoms with Gasteiger partial charge >= 0.3 is 6.09 Å². The number of pyridine rings is 1. The lowest BCUT2D eigenvalue weighted by atomic mass is 10.1. The molecule has 1 saturated heterocycles. The predicted octanol–water partition coefficient (Wildman–Crippen LogP) is 2.82. The molecule has 1 atom stereocenters. The van der Waals surface area contributed by atoms with Gasteiger partial charge in [-0.2, -0.15) is 0 Å². The van der Waals surface area contributed by atoms with Crippen molar-refractivity contribution in [1.29, 1.82) is 0 Å². The zero-order valence-corrected chi connectivity index (χ0v) is 14.6. The highest BCUT2D eigenvalue weighted by Crippen LogP contribution is 2.19. The standard InChI is InChI=1S/C16H22ClN3O3/c1-11-10-19(14(21)12-6-5-7-18-13(12)17)8-9-20(11)15(22)23-16(2,3)4/h5-7,11H,8-10H2,1-4H3/t11-/m0/s1. The summed E-state index contributed by atoms with van der Waals surface area (Å²) in [5.41, 5.74) is -0.153. The number of rotatable bonds is 1. The minimum Gasteiger partial charge on any atom is -0.444 e. The van der Waals surface area contributed by atoms with E-state index in [-0.39, 0.29) is 23.2 Å². The van der Waals surface area contributed by atoms with Crippen LogP contribution in [-0.4, -0.2) is 58.1 Å². The van der Waals surface area contributed by atoms with Crippen LogP contribution in [0.15, 0.2) is 18.3 Å². The van der Waals surface area contributed by atoms with E-state index < -0.39 is 5.60 Å². The van der Waals surface area contributed by atoms with Gasteiger partial charge in [0.15, 0.2) is 0 Å². The van der Waals surface area contributed by atoms with Gasteiger partial charge in [0.2, 0.25) is 0 Å². The first-order valence-electron chi connectivity index (χ1n) is 7.58. The van der Waals surface area contributed by atoms with E-state index in [2.05, 4.69) is 4.98 Å². The molecule has 0 unspecified atom stereocenters. The molecule has 6 nitrogen and oxygen atoms in total. The molecule has 1 aromatic heterocycles. The number of hydrogen-bond donors (Lipinski definition) is 0. The Labute approximate surface area is 141 Å². The number of piperazine rings is 1. The quantitative estimate of drug-likeness (QED) is 0.738. The van der Waals surface area contributed by atoms with Crippen LogP contribution in [-0.2, 0) is 4.74 Å². The van der Waals surface area contributed by atoms with Crippen molar-refractivity contribution in [3.8, 4) is 0 Å². The topological polar surface area (TPSA) is 62.7 Å².